The fraction of sp³-hybridized carbons (Fsp3) is 0.536. The standard InChI is InChI=1S/C28H35F3O8/c1-18(32)38-25-16-26(39-19(2)33)24(23(25)11-6-4-5-7-12-27(35)36-3)14-13-21(34)17-37-22-10-8-9-20(15-22)28(29,30)31/h4,6,8-10,13-15,21,23-26,34H,5,7,11-12,16-17H2,1-3H3/b6-4-,14-13+/t21-,23-,24-,25+,26-/m1/s1. The number of allylic oxidation sites excluding steroid dienone is 2. The summed E-state index contributed by atoms with van der Waals surface area (Å²) in [6, 6.07) is 4.34. The number of aliphatic hydroxyl groups is 1. The maximum atomic E-state index is 12.9. The van der Waals surface area contributed by atoms with Crippen LogP contribution in [0.25, 0.3) is 0 Å². The maximum absolute atomic E-state index is 12.9. The number of halogens is 3. The van der Waals surface area contributed by atoms with Crippen LogP contribution < -0.4 is 4.74 Å². The molecule has 1 aliphatic rings. The van der Waals surface area contributed by atoms with Gasteiger partial charge < -0.3 is 24.1 Å². The van der Waals surface area contributed by atoms with E-state index >= 15 is 0 Å². The van der Waals surface area contributed by atoms with Crippen molar-refractivity contribution in [1.29, 1.82) is 0 Å². The van der Waals surface area contributed by atoms with Crippen LogP contribution in [-0.2, 0) is 34.8 Å². The zero-order valence-corrected chi connectivity index (χ0v) is 22.2. The summed E-state index contributed by atoms with van der Waals surface area (Å²) < 4.78 is 59.7. The van der Waals surface area contributed by atoms with Gasteiger partial charge in [0, 0.05) is 38.5 Å². The van der Waals surface area contributed by atoms with Crippen LogP contribution in [0.15, 0.2) is 48.6 Å². The number of hydrogen-bond donors (Lipinski definition) is 1. The van der Waals surface area contributed by atoms with Gasteiger partial charge in [-0.15, -0.1) is 0 Å². The van der Waals surface area contributed by atoms with Gasteiger partial charge in [-0.2, -0.15) is 13.2 Å². The highest BCUT2D eigenvalue weighted by Gasteiger charge is 2.45. The van der Waals surface area contributed by atoms with Crippen LogP contribution >= 0.6 is 0 Å². The van der Waals surface area contributed by atoms with E-state index in [2.05, 4.69) is 4.74 Å². The minimum absolute atomic E-state index is 0.0407. The Kier molecular flexibility index (Phi) is 12.5. The first-order valence-corrected chi connectivity index (χ1v) is 12.6. The monoisotopic (exact) mass is 556 g/mol. The molecular weight excluding hydrogens is 521 g/mol. The minimum Gasteiger partial charge on any atom is -0.491 e. The van der Waals surface area contributed by atoms with Crippen LogP contribution in [0.4, 0.5) is 13.2 Å². The molecule has 1 fully saturated rings. The third-order valence-electron chi connectivity index (χ3n) is 6.19. The van der Waals surface area contributed by atoms with Gasteiger partial charge in [0.1, 0.15) is 30.7 Å². The Balaban J connectivity index is 2.10. The predicted molar refractivity (Wildman–Crippen MR) is 134 cm³/mol. The summed E-state index contributed by atoms with van der Waals surface area (Å²) in [5.74, 6) is -2.01. The van der Waals surface area contributed by atoms with E-state index in [1.54, 1.807) is 6.08 Å². The number of esters is 3. The van der Waals surface area contributed by atoms with Crippen molar-refractivity contribution in [3.8, 4) is 5.75 Å². The summed E-state index contributed by atoms with van der Waals surface area (Å²) in [5.41, 5.74) is -0.863. The molecule has 0 aromatic heterocycles. The first kappa shape index (κ1) is 31.9. The highest BCUT2D eigenvalue weighted by atomic mass is 19.4. The molecule has 0 bridgehead atoms. The molecule has 1 aliphatic carbocycles. The molecule has 2 rings (SSSR count). The van der Waals surface area contributed by atoms with E-state index in [9.17, 15) is 32.7 Å². The van der Waals surface area contributed by atoms with Gasteiger partial charge in [0.15, 0.2) is 0 Å². The van der Waals surface area contributed by atoms with Crippen molar-refractivity contribution in [1.82, 2.24) is 0 Å². The number of carbonyl (C=O) groups is 3. The molecule has 5 atom stereocenters. The van der Waals surface area contributed by atoms with Gasteiger partial charge in [-0.25, -0.2) is 0 Å². The second-order valence-electron chi connectivity index (χ2n) is 9.24. The zero-order chi connectivity index (χ0) is 29.0. The predicted octanol–water partition coefficient (Wildman–Crippen LogP) is 4.79. The molecule has 0 saturated heterocycles. The Morgan fingerprint density at radius 3 is 2.44 bits per heavy atom. The summed E-state index contributed by atoms with van der Waals surface area (Å²) >= 11 is 0. The molecular formula is C28H35F3O8. The summed E-state index contributed by atoms with van der Waals surface area (Å²) in [4.78, 5) is 34.7. The van der Waals surface area contributed by atoms with Gasteiger partial charge in [-0.1, -0.05) is 30.4 Å². The van der Waals surface area contributed by atoms with E-state index in [4.69, 9.17) is 14.2 Å². The number of aliphatic hydroxyl groups excluding tert-OH is 1. The molecule has 0 radical (unpaired) electrons. The second-order valence-corrected chi connectivity index (χ2v) is 9.24. The van der Waals surface area contributed by atoms with Crippen LogP contribution in [0.5, 0.6) is 5.75 Å². The zero-order valence-electron chi connectivity index (χ0n) is 22.2. The Labute approximate surface area is 225 Å². The van der Waals surface area contributed by atoms with Crippen molar-refractivity contribution in [2.24, 2.45) is 11.8 Å². The number of rotatable bonds is 13. The molecule has 1 saturated carbocycles. The smallest absolute Gasteiger partial charge is 0.416 e. The fourth-order valence-electron chi connectivity index (χ4n) is 4.44. The first-order valence-electron chi connectivity index (χ1n) is 12.6. The van der Waals surface area contributed by atoms with E-state index in [1.165, 1.54) is 39.2 Å². The van der Waals surface area contributed by atoms with Crippen molar-refractivity contribution < 1.29 is 51.6 Å². The van der Waals surface area contributed by atoms with E-state index in [0.717, 1.165) is 12.1 Å². The number of alkyl halides is 3. The quantitative estimate of drug-likeness (QED) is 0.160. The van der Waals surface area contributed by atoms with Gasteiger partial charge in [0.05, 0.1) is 12.7 Å². The number of unbranched alkanes of at least 4 members (excludes halogenated alkanes) is 1. The maximum Gasteiger partial charge on any atom is 0.416 e. The normalized spacial score (nSPS) is 22.1. The van der Waals surface area contributed by atoms with Crippen molar-refractivity contribution in [2.45, 2.75) is 70.4 Å². The first-order chi connectivity index (χ1) is 18.4. The van der Waals surface area contributed by atoms with Gasteiger partial charge in [-0.3, -0.25) is 14.4 Å². The van der Waals surface area contributed by atoms with E-state index < -0.39 is 47.9 Å². The third-order valence-corrected chi connectivity index (χ3v) is 6.19. The van der Waals surface area contributed by atoms with Gasteiger partial charge >= 0.3 is 24.1 Å². The highest BCUT2D eigenvalue weighted by Crippen LogP contribution is 2.40. The van der Waals surface area contributed by atoms with Crippen molar-refractivity contribution in [3.05, 3.63) is 54.1 Å². The van der Waals surface area contributed by atoms with Crippen molar-refractivity contribution >= 4 is 17.9 Å². The molecule has 11 heteroatoms. The molecule has 216 valence electrons. The Hall–Kier alpha value is -3.34. The lowest BCUT2D eigenvalue weighted by atomic mass is 9.89. The minimum atomic E-state index is -4.52. The van der Waals surface area contributed by atoms with Crippen LogP contribution in [0.2, 0.25) is 0 Å². The largest absolute Gasteiger partial charge is 0.491 e. The third kappa shape index (κ3) is 11.1. The number of benzene rings is 1. The molecule has 1 N–H and O–H groups in total. The summed E-state index contributed by atoms with van der Waals surface area (Å²) in [7, 11) is 1.33. The van der Waals surface area contributed by atoms with Crippen LogP contribution in [0, 0.1) is 11.8 Å². The molecule has 0 unspecified atom stereocenters. The van der Waals surface area contributed by atoms with Gasteiger partial charge in [0.25, 0.3) is 0 Å². The van der Waals surface area contributed by atoms with Crippen LogP contribution in [-0.4, -0.2) is 55.0 Å². The lowest BCUT2D eigenvalue weighted by Crippen LogP contribution is -2.25. The van der Waals surface area contributed by atoms with Gasteiger partial charge in [0.2, 0.25) is 0 Å². The van der Waals surface area contributed by atoms with E-state index in [-0.39, 0.29) is 30.7 Å². The molecule has 0 aliphatic heterocycles. The van der Waals surface area contributed by atoms with E-state index in [0.29, 0.717) is 25.7 Å². The van der Waals surface area contributed by atoms with Gasteiger partial charge in [-0.05, 0) is 37.5 Å². The number of methoxy groups -OCH3 is 1. The molecule has 39 heavy (non-hydrogen) atoms. The van der Waals surface area contributed by atoms with Crippen molar-refractivity contribution in [3.63, 3.8) is 0 Å². The molecule has 0 spiro atoms. The number of carbonyl (C=O) groups excluding carboxylic acids is 3. The molecule has 0 amide bonds. The summed E-state index contributed by atoms with van der Waals surface area (Å²) in [6.45, 7) is 2.26. The topological polar surface area (TPSA) is 108 Å². The molecule has 8 nitrogen and oxygen atoms in total. The van der Waals surface area contributed by atoms with Crippen LogP contribution in [0.3, 0.4) is 0 Å². The Morgan fingerprint density at radius 2 is 1.79 bits per heavy atom. The van der Waals surface area contributed by atoms with Crippen molar-refractivity contribution in [2.75, 3.05) is 13.7 Å². The highest BCUT2D eigenvalue weighted by molar-refractivity contribution is 5.69. The average molecular weight is 557 g/mol. The SMILES string of the molecule is COC(=O)CCC/C=C\C[C@@H]1[C@@H](/C=C/[C@@H](O)COc2cccc(C(F)(F)F)c2)[C@H](OC(C)=O)C[C@@H]1OC(C)=O. The van der Waals surface area contributed by atoms with E-state index in [1.807, 2.05) is 12.2 Å². The Morgan fingerprint density at radius 1 is 1.10 bits per heavy atom. The van der Waals surface area contributed by atoms with Crippen LogP contribution in [0.1, 0.15) is 51.5 Å². The lowest BCUT2D eigenvalue weighted by molar-refractivity contribution is -0.149. The number of hydrogen-bond acceptors (Lipinski definition) is 8. The number of ether oxygens (including phenoxy) is 4. The molecule has 1 aromatic rings. The fourth-order valence-corrected chi connectivity index (χ4v) is 4.44. The average Bonchev–Trinajstić information content (AvgIpc) is 3.16. The summed E-state index contributed by atoms with van der Waals surface area (Å²) in [5, 5.41) is 10.4. The molecule has 1 aromatic carbocycles. The second kappa shape index (κ2) is 15.3. The Bertz CT molecular complexity index is 1020. The molecule has 0 heterocycles. The summed E-state index contributed by atoms with van der Waals surface area (Å²) in [6.07, 6.45) is 2.34. The lowest BCUT2D eigenvalue weighted by Gasteiger charge is -2.23.